The van der Waals surface area contributed by atoms with Crippen molar-refractivity contribution in [2.24, 2.45) is 0 Å². The quantitative estimate of drug-likeness (QED) is 0.741. The lowest BCUT2D eigenvalue weighted by atomic mass is 9.92. The van der Waals surface area contributed by atoms with Crippen molar-refractivity contribution in [2.45, 2.75) is 25.7 Å². The molecule has 1 unspecified atom stereocenters. The third-order valence-corrected chi connectivity index (χ3v) is 5.15. The minimum Gasteiger partial charge on any atom is -0.345 e. The summed E-state index contributed by atoms with van der Waals surface area (Å²) in [6.45, 7) is 3.65. The molecule has 0 radical (unpaired) electrons. The van der Waals surface area contributed by atoms with E-state index in [1.54, 1.807) is 29.9 Å². The number of H-pyrrole nitrogens is 1. The predicted octanol–water partition coefficient (Wildman–Crippen LogP) is 1.78. The lowest BCUT2D eigenvalue weighted by Gasteiger charge is -2.32. The van der Waals surface area contributed by atoms with E-state index in [2.05, 4.69) is 37.5 Å². The fourth-order valence-electron chi connectivity index (χ4n) is 3.65. The molecule has 1 aliphatic heterocycles. The summed E-state index contributed by atoms with van der Waals surface area (Å²) >= 11 is 0. The van der Waals surface area contributed by atoms with Gasteiger partial charge in [0.1, 0.15) is 0 Å². The van der Waals surface area contributed by atoms with Gasteiger partial charge >= 0.3 is 0 Å². The predicted molar refractivity (Wildman–Crippen MR) is 105 cm³/mol. The van der Waals surface area contributed by atoms with Gasteiger partial charge in [-0.2, -0.15) is 9.78 Å². The summed E-state index contributed by atoms with van der Waals surface area (Å²) < 4.78 is 1.76. The van der Waals surface area contributed by atoms with E-state index in [4.69, 9.17) is 0 Å². The SMILES string of the molecule is Cc1ccc(-n2nnnc2N2CCCC(c3[nH]ncc3C(=O)N(C)C)C2)cc1. The van der Waals surface area contributed by atoms with E-state index in [0.29, 0.717) is 11.5 Å². The number of benzene rings is 1. The molecule has 1 saturated heterocycles. The van der Waals surface area contributed by atoms with Crippen LogP contribution >= 0.6 is 0 Å². The smallest absolute Gasteiger partial charge is 0.256 e. The van der Waals surface area contributed by atoms with Gasteiger partial charge in [0.25, 0.3) is 5.91 Å². The Morgan fingerprint density at radius 2 is 2.04 bits per heavy atom. The van der Waals surface area contributed by atoms with Gasteiger partial charge in [-0.1, -0.05) is 22.8 Å². The Kier molecular flexibility index (Phi) is 4.81. The minimum absolute atomic E-state index is 0.0367. The highest BCUT2D eigenvalue weighted by Gasteiger charge is 2.29. The number of aromatic amines is 1. The van der Waals surface area contributed by atoms with Crippen LogP contribution in [-0.4, -0.2) is 68.4 Å². The van der Waals surface area contributed by atoms with Crippen LogP contribution in [0.4, 0.5) is 5.95 Å². The Balaban J connectivity index is 1.60. The van der Waals surface area contributed by atoms with Crippen LogP contribution in [-0.2, 0) is 0 Å². The van der Waals surface area contributed by atoms with Crippen LogP contribution in [0.5, 0.6) is 0 Å². The molecule has 0 bridgehead atoms. The van der Waals surface area contributed by atoms with Gasteiger partial charge in [0.15, 0.2) is 0 Å². The van der Waals surface area contributed by atoms with Gasteiger partial charge in [-0.25, -0.2) is 0 Å². The molecule has 28 heavy (non-hydrogen) atoms. The third kappa shape index (κ3) is 3.35. The van der Waals surface area contributed by atoms with E-state index >= 15 is 0 Å². The Morgan fingerprint density at radius 1 is 1.25 bits per heavy atom. The average Bonchev–Trinajstić information content (AvgIpc) is 3.38. The highest BCUT2D eigenvalue weighted by Crippen LogP contribution is 2.30. The molecule has 0 spiro atoms. The number of carbonyl (C=O) groups excluding carboxylic acids is 1. The van der Waals surface area contributed by atoms with Crippen molar-refractivity contribution < 1.29 is 4.79 Å². The van der Waals surface area contributed by atoms with Gasteiger partial charge < -0.3 is 9.80 Å². The molecular weight excluding hydrogens is 356 g/mol. The second kappa shape index (κ2) is 7.41. The summed E-state index contributed by atoms with van der Waals surface area (Å²) in [6.07, 6.45) is 3.59. The fourth-order valence-corrected chi connectivity index (χ4v) is 3.65. The van der Waals surface area contributed by atoms with Crippen LogP contribution in [0.1, 0.15) is 40.4 Å². The first-order valence-electron chi connectivity index (χ1n) is 9.40. The molecule has 1 atom stereocenters. The zero-order valence-corrected chi connectivity index (χ0v) is 16.3. The van der Waals surface area contributed by atoms with E-state index in [9.17, 15) is 4.79 Å². The number of anilines is 1. The number of aryl methyl sites for hydroxylation is 1. The summed E-state index contributed by atoms with van der Waals surface area (Å²) in [7, 11) is 3.50. The first-order valence-corrected chi connectivity index (χ1v) is 9.40. The molecule has 1 aliphatic rings. The summed E-state index contributed by atoms with van der Waals surface area (Å²) in [5.41, 5.74) is 3.64. The maximum absolute atomic E-state index is 12.5. The average molecular weight is 380 g/mol. The Labute approximate surface area is 163 Å². The summed E-state index contributed by atoms with van der Waals surface area (Å²) in [6, 6.07) is 8.12. The Hall–Kier alpha value is -3.23. The largest absolute Gasteiger partial charge is 0.345 e. The van der Waals surface area contributed by atoms with E-state index in [-0.39, 0.29) is 11.8 Å². The second-order valence-electron chi connectivity index (χ2n) is 7.41. The van der Waals surface area contributed by atoms with Crippen molar-refractivity contribution >= 4 is 11.9 Å². The molecule has 1 amide bonds. The van der Waals surface area contributed by atoms with Gasteiger partial charge in [-0.15, -0.1) is 0 Å². The maximum Gasteiger partial charge on any atom is 0.256 e. The Morgan fingerprint density at radius 3 is 2.79 bits per heavy atom. The molecular formula is C19H24N8O. The maximum atomic E-state index is 12.5. The van der Waals surface area contributed by atoms with E-state index in [1.165, 1.54) is 5.56 Å². The fraction of sp³-hybridized carbons (Fsp3) is 0.421. The lowest BCUT2D eigenvalue weighted by molar-refractivity contribution is 0.0826. The highest BCUT2D eigenvalue weighted by atomic mass is 16.2. The van der Waals surface area contributed by atoms with Crippen molar-refractivity contribution in [1.29, 1.82) is 0 Å². The first-order chi connectivity index (χ1) is 13.5. The van der Waals surface area contributed by atoms with Crippen molar-refractivity contribution in [3.05, 3.63) is 47.3 Å². The topological polar surface area (TPSA) is 95.8 Å². The van der Waals surface area contributed by atoms with Crippen molar-refractivity contribution in [2.75, 3.05) is 32.1 Å². The minimum atomic E-state index is -0.0367. The number of piperidine rings is 1. The van der Waals surface area contributed by atoms with Crippen LogP contribution in [0.15, 0.2) is 30.5 Å². The number of hydrogen-bond acceptors (Lipinski definition) is 6. The van der Waals surface area contributed by atoms with Gasteiger partial charge in [0.05, 0.1) is 23.1 Å². The molecule has 9 nitrogen and oxygen atoms in total. The van der Waals surface area contributed by atoms with Gasteiger partial charge in [0, 0.05) is 33.1 Å². The monoisotopic (exact) mass is 380 g/mol. The van der Waals surface area contributed by atoms with Gasteiger partial charge in [0.2, 0.25) is 5.95 Å². The summed E-state index contributed by atoms with van der Waals surface area (Å²) in [5.74, 6) is 0.845. The van der Waals surface area contributed by atoms with Crippen LogP contribution in [0.2, 0.25) is 0 Å². The Bertz CT molecular complexity index is 958. The molecule has 1 aromatic carbocycles. The molecule has 4 rings (SSSR count). The third-order valence-electron chi connectivity index (χ3n) is 5.15. The summed E-state index contributed by atoms with van der Waals surface area (Å²) in [5, 5.41) is 19.5. The van der Waals surface area contributed by atoms with Crippen molar-refractivity contribution in [3.63, 3.8) is 0 Å². The number of amides is 1. The number of hydrogen-bond donors (Lipinski definition) is 1. The van der Waals surface area contributed by atoms with Crippen molar-refractivity contribution in [3.8, 4) is 5.69 Å². The summed E-state index contributed by atoms with van der Waals surface area (Å²) in [4.78, 5) is 16.2. The van der Waals surface area contributed by atoms with Gasteiger partial charge in [-0.05, 0) is 42.3 Å². The molecule has 146 valence electrons. The van der Waals surface area contributed by atoms with E-state index in [0.717, 1.165) is 37.3 Å². The molecule has 2 aromatic heterocycles. The molecule has 0 aliphatic carbocycles. The van der Waals surface area contributed by atoms with Crippen LogP contribution in [0, 0.1) is 6.92 Å². The number of rotatable bonds is 4. The molecule has 9 heteroatoms. The highest BCUT2D eigenvalue weighted by molar-refractivity contribution is 5.94. The number of carbonyl (C=O) groups is 1. The van der Waals surface area contributed by atoms with Crippen molar-refractivity contribution in [1.82, 2.24) is 35.3 Å². The molecule has 1 N–H and O–H groups in total. The molecule has 3 heterocycles. The zero-order valence-electron chi connectivity index (χ0n) is 16.3. The number of nitrogens with one attached hydrogen (secondary N) is 1. The lowest BCUT2D eigenvalue weighted by Crippen LogP contribution is -2.37. The second-order valence-corrected chi connectivity index (χ2v) is 7.41. The van der Waals surface area contributed by atoms with E-state index < -0.39 is 0 Å². The molecule has 0 saturated carbocycles. The normalized spacial score (nSPS) is 17.0. The van der Waals surface area contributed by atoms with E-state index in [1.807, 2.05) is 24.3 Å². The standard InChI is InChI=1S/C19H24N8O/c1-13-6-8-15(9-7-13)27-19(22-23-24-27)26-10-4-5-14(12-26)17-16(11-20-21-17)18(28)25(2)3/h6-9,11,14H,4-5,10,12H2,1-3H3,(H,20,21). The number of aromatic nitrogens is 6. The number of tetrazole rings is 1. The van der Waals surface area contributed by atoms with Crippen LogP contribution in [0.3, 0.4) is 0 Å². The molecule has 1 fully saturated rings. The molecule has 3 aromatic rings. The van der Waals surface area contributed by atoms with Gasteiger partial charge in [-0.3, -0.25) is 9.89 Å². The zero-order chi connectivity index (χ0) is 19.7. The van der Waals surface area contributed by atoms with Crippen LogP contribution in [0.25, 0.3) is 5.69 Å². The first kappa shape index (κ1) is 18.1. The van der Waals surface area contributed by atoms with Crippen LogP contribution < -0.4 is 4.90 Å². The number of nitrogens with zero attached hydrogens (tertiary/aromatic N) is 7.